The van der Waals surface area contributed by atoms with Crippen LogP contribution in [0.1, 0.15) is 30.1 Å². The highest BCUT2D eigenvalue weighted by molar-refractivity contribution is 7.85. The van der Waals surface area contributed by atoms with Gasteiger partial charge < -0.3 is 15.2 Å². The van der Waals surface area contributed by atoms with Gasteiger partial charge in [-0.25, -0.2) is 4.79 Å². The predicted octanol–water partition coefficient (Wildman–Crippen LogP) is 0.936. The Hall–Kier alpha value is -2.13. The number of carboxylic acid groups (broad SMARTS) is 1. The second kappa shape index (κ2) is 8.49. The van der Waals surface area contributed by atoms with Gasteiger partial charge in [0.2, 0.25) is 0 Å². The molecule has 1 amide bonds. The number of hydrogen-bond acceptors (Lipinski definition) is 5. The molecule has 128 valence electrons. The van der Waals surface area contributed by atoms with E-state index in [4.69, 9.17) is 14.4 Å². The average Bonchev–Trinajstić information content (AvgIpc) is 2.46. The van der Waals surface area contributed by atoms with Gasteiger partial charge in [0.15, 0.2) is 0 Å². The molecule has 0 spiro atoms. The lowest BCUT2D eigenvalue weighted by Gasteiger charge is -2.13. The molecule has 0 heterocycles. The number of nitrogens with one attached hydrogen (secondary N) is 1. The first kappa shape index (κ1) is 18.9. The Balaban J connectivity index is 2.70. The molecule has 1 aromatic rings. The van der Waals surface area contributed by atoms with Crippen LogP contribution in [0, 0.1) is 0 Å². The van der Waals surface area contributed by atoms with Crippen LogP contribution in [0.4, 0.5) is 0 Å². The van der Waals surface area contributed by atoms with Gasteiger partial charge in [0, 0.05) is 5.56 Å². The summed E-state index contributed by atoms with van der Waals surface area (Å²) < 4.78 is 35.6. The van der Waals surface area contributed by atoms with Gasteiger partial charge in [0.25, 0.3) is 16.0 Å². The number of hydrogen-bond donors (Lipinski definition) is 3. The summed E-state index contributed by atoms with van der Waals surface area (Å²) in [5.74, 6) is -2.86. The van der Waals surface area contributed by atoms with Crippen molar-refractivity contribution in [1.82, 2.24) is 5.32 Å². The zero-order valence-electron chi connectivity index (χ0n) is 12.6. The van der Waals surface area contributed by atoms with Gasteiger partial charge in [-0.3, -0.25) is 9.35 Å². The normalized spacial score (nSPS) is 12.4. The molecule has 0 aliphatic rings. The van der Waals surface area contributed by atoms with Gasteiger partial charge in [-0.15, -0.1) is 0 Å². The van der Waals surface area contributed by atoms with Crippen molar-refractivity contribution in [2.75, 3.05) is 12.4 Å². The Morgan fingerprint density at radius 3 is 2.35 bits per heavy atom. The molecule has 1 atom stereocenters. The summed E-state index contributed by atoms with van der Waals surface area (Å²) in [5.41, 5.74) is 0.148. The fourth-order valence-electron chi connectivity index (χ4n) is 1.66. The van der Waals surface area contributed by atoms with Gasteiger partial charge >= 0.3 is 5.97 Å². The molecule has 0 aromatic heterocycles. The Morgan fingerprint density at radius 2 is 1.87 bits per heavy atom. The topological polar surface area (TPSA) is 130 Å². The molecule has 3 N–H and O–H groups in total. The first-order valence-corrected chi connectivity index (χ1v) is 8.55. The van der Waals surface area contributed by atoms with Crippen molar-refractivity contribution in [3.8, 4) is 5.75 Å². The number of carboxylic acids is 1. The average molecular weight is 345 g/mol. The van der Waals surface area contributed by atoms with E-state index in [2.05, 4.69) is 0 Å². The molecule has 0 saturated carbocycles. The van der Waals surface area contributed by atoms with Gasteiger partial charge in [0.05, 0.1) is 6.61 Å². The molecule has 1 unspecified atom stereocenters. The van der Waals surface area contributed by atoms with Crippen LogP contribution in [-0.2, 0) is 14.9 Å². The summed E-state index contributed by atoms with van der Waals surface area (Å²) in [6.07, 6.45) is 1.89. The minimum atomic E-state index is -4.53. The Kier molecular flexibility index (Phi) is 6.98. The van der Waals surface area contributed by atoms with Gasteiger partial charge in [-0.1, -0.05) is 13.3 Å². The molecule has 0 radical (unpaired) electrons. The van der Waals surface area contributed by atoms with E-state index in [-0.39, 0.29) is 5.56 Å². The van der Waals surface area contributed by atoms with E-state index in [0.717, 1.165) is 12.8 Å². The highest BCUT2D eigenvalue weighted by atomic mass is 32.2. The molecule has 0 aliphatic carbocycles. The lowest BCUT2D eigenvalue weighted by molar-refractivity contribution is -0.138. The van der Waals surface area contributed by atoms with Crippen molar-refractivity contribution in [2.45, 2.75) is 25.8 Å². The largest absolute Gasteiger partial charge is 0.494 e. The van der Waals surface area contributed by atoms with Crippen LogP contribution < -0.4 is 10.1 Å². The lowest BCUT2D eigenvalue weighted by Crippen LogP contribution is -2.45. The quantitative estimate of drug-likeness (QED) is 0.448. The molecule has 23 heavy (non-hydrogen) atoms. The van der Waals surface area contributed by atoms with Crippen LogP contribution in [0.15, 0.2) is 24.3 Å². The number of carbonyl (C=O) groups is 2. The second-order valence-electron chi connectivity index (χ2n) is 4.84. The van der Waals surface area contributed by atoms with Crippen LogP contribution in [0.5, 0.6) is 5.75 Å². The highest BCUT2D eigenvalue weighted by Crippen LogP contribution is 2.13. The zero-order chi connectivity index (χ0) is 17.5. The minimum Gasteiger partial charge on any atom is -0.494 e. The third-order valence-corrected chi connectivity index (χ3v) is 3.62. The van der Waals surface area contributed by atoms with E-state index in [1.807, 2.05) is 12.2 Å². The number of amides is 1. The number of aliphatic carboxylic acids is 1. The zero-order valence-corrected chi connectivity index (χ0v) is 13.4. The Labute approximate surface area is 134 Å². The summed E-state index contributed by atoms with van der Waals surface area (Å²) in [7, 11) is -4.53. The maximum absolute atomic E-state index is 11.9. The van der Waals surface area contributed by atoms with Crippen molar-refractivity contribution in [1.29, 1.82) is 0 Å². The predicted molar refractivity (Wildman–Crippen MR) is 82.2 cm³/mol. The maximum Gasteiger partial charge on any atom is 0.327 e. The van der Waals surface area contributed by atoms with Crippen LogP contribution in [0.25, 0.3) is 0 Å². The summed E-state index contributed by atoms with van der Waals surface area (Å²) >= 11 is 0. The third kappa shape index (κ3) is 7.11. The third-order valence-electron chi connectivity index (χ3n) is 2.86. The first-order valence-electron chi connectivity index (χ1n) is 6.94. The van der Waals surface area contributed by atoms with Crippen molar-refractivity contribution in [2.24, 2.45) is 0 Å². The molecule has 0 bridgehead atoms. The maximum atomic E-state index is 11.9. The molecule has 8 nitrogen and oxygen atoms in total. The molecule has 9 heteroatoms. The van der Waals surface area contributed by atoms with E-state index in [9.17, 15) is 18.0 Å². The number of rotatable bonds is 9. The van der Waals surface area contributed by atoms with Crippen molar-refractivity contribution < 1.29 is 32.4 Å². The standard InChI is InChI=1S/C14H19NO7S/c1-2-3-8-22-11-6-4-10(5-7-11)13(16)15-12(14(17)18)9-23(19,20)21/h4-7,12H,2-3,8-9H2,1H3,(H,15,16)(H,17,18)(H,19,20,21). The summed E-state index contributed by atoms with van der Waals surface area (Å²) in [5, 5.41) is 10.9. The minimum absolute atomic E-state index is 0.148. The lowest BCUT2D eigenvalue weighted by atomic mass is 10.2. The summed E-state index contributed by atoms with van der Waals surface area (Å²) in [4.78, 5) is 22.9. The summed E-state index contributed by atoms with van der Waals surface area (Å²) in [6.45, 7) is 2.58. The molecule has 0 fully saturated rings. The monoisotopic (exact) mass is 345 g/mol. The van der Waals surface area contributed by atoms with Crippen molar-refractivity contribution >= 4 is 22.0 Å². The summed E-state index contributed by atoms with van der Waals surface area (Å²) in [6, 6.07) is 4.25. The SMILES string of the molecule is CCCCOc1ccc(C(=O)NC(CS(=O)(=O)O)C(=O)O)cc1. The highest BCUT2D eigenvalue weighted by Gasteiger charge is 2.26. The van der Waals surface area contributed by atoms with Gasteiger partial charge in [-0.05, 0) is 30.7 Å². The van der Waals surface area contributed by atoms with Gasteiger partial charge in [-0.2, -0.15) is 8.42 Å². The molecular formula is C14H19NO7S. The van der Waals surface area contributed by atoms with E-state index < -0.39 is 33.8 Å². The second-order valence-corrected chi connectivity index (χ2v) is 6.34. The van der Waals surface area contributed by atoms with E-state index in [0.29, 0.717) is 12.4 Å². The van der Waals surface area contributed by atoms with Gasteiger partial charge in [0.1, 0.15) is 17.5 Å². The van der Waals surface area contributed by atoms with Crippen LogP contribution >= 0.6 is 0 Å². The molecule has 1 rings (SSSR count). The van der Waals surface area contributed by atoms with Crippen LogP contribution in [0.3, 0.4) is 0 Å². The number of carbonyl (C=O) groups excluding carboxylic acids is 1. The Morgan fingerprint density at radius 1 is 1.26 bits per heavy atom. The van der Waals surface area contributed by atoms with Crippen LogP contribution in [0.2, 0.25) is 0 Å². The molecule has 0 saturated heterocycles. The molecule has 1 aromatic carbocycles. The van der Waals surface area contributed by atoms with E-state index in [1.54, 1.807) is 12.1 Å². The smallest absolute Gasteiger partial charge is 0.327 e. The first-order chi connectivity index (χ1) is 10.7. The van der Waals surface area contributed by atoms with Crippen molar-refractivity contribution in [3.05, 3.63) is 29.8 Å². The molecular weight excluding hydrogens is 326 g/mol. The number of unbranched alkanes of at least 4 members (excludes halogenated alkanes) is 1. The van der Waals surface area contributed by atoms with Crippen LogP contribution in [-0.4, -0.2) is 48.4 Å². The van der Waals surface area contributed by atoms with Crippen molar-refractivity contribution in [3.63, 3.8) is 0 Å². The fourth-order valence-corrected chi connectivity index (χ4v) is 2.31. The molecule has 0 aliphatic heterocycles. The fraction of sp³-hybridized carbons (Fsp3) is 0.429. The Bertz CT molecular complexity index is 640. The van der Waals surface area contributed by atoms with E-state index >= 15 is 0 Å². The number of ether oxygens (including phenoxy) is 1. The number of benzene rings is 1. The van der Waals surface area contributed by atoms with E-state index in [1.165, 1.54) is 12.1 Å².